The van der Waals surface area contributed by atoms with Crippen LogP contribution < -0.4 is 4.90 Å². The average Bonchev–Trinajstić information content (AvgIpc) is 3.16. The average molecular weight is 389 g/mol. The van der Waals surface area contributed by atoms with E-state index < -0.39 is 0 Å². The van der Waals surface area contributed by atoms with Gasteiger partial charge >= 0.3 is 0 Å². The maximum Gasteiger partial charge on any atom is 0.276 e. The van der Waals surface area contributed by atoms with Gasteiger partial charge in [-0.15, -0.1) is 0 Å². The Labute approximate surface area is 172 Å². The molecule has 3 aromatic rings. The summed E-state index contributed by atoms with van der Waals surface area (Å²) in [6, 6.07) is 18.2. The van der Waals surface area contributed by atoms with Crippen LogP contribution in [0.3, 0.4) is 0 Å². The van der Waals surface area contributed by atoms with Gasteiger partial charge in [-0.2, -0.15) is 0 Å². The normalized spacial score (nSPS) is 14.1. The summed E-state index contributed by atoms with van der Waals surface area (Å²) in [5.41, 5.74) is 3.61. The van der Waals surface area contributed by atoms with E-state index in [4.69, 9.17) is 4.42 Å². The number of piperidine rings is 1. The molecule has 150 valence electrons. The van der Waals surface area contributed by atoms with Gasteiger partial charge < -0.3 is 14.2 Å². The van der Waals surface area contributed by atoms with Gasteiger partial charge in [-0.25, -0.2) is 4.98 Å². The minimum atomic E-state index is -0.131. The molecule has 2 heterocycles. The van der Waals surface area contributed by atoms with E-state index in [1.54, 1.807) is 18.9 Å². The van der Waals surface area contributed by atoms with Gasteiger partial charge in [-0.05, 0) is 56.0 Å². The van der Waals surface area contributed by atoms with Gasteiger partial charge in [0.2, 0.25) is 5.89 Å². The lowest BCUT2D eigenvalue weighted by Crippen LogP contribution is -2.29. The van der Waals surface area contributed by atoms with Crippen LogP contribution in [-0.4, -0.2) is 35.9 Å². The zero-order chi connectivity index (χ0) is 20.2. The van der Waals surface area contributed by atoms with Crippen LogP contribution in [0, 0.1) is 6.92 Å². The molecule has 5 heteroatoms. The third kappa shape index (κ3) is 4.34. The molecule has 0 unspecified atom stereocenters. The molecule has 2 aromatic carbocycles. The smallest absolute Gasteiger partial charge is 0.276 e. The summed E-state index contributed by atoms with van der Waals surface area (Å²) < 4.78 is 5.74. The molecule has 1 saturated heterocycles. The molecular weight excluding hydrogens is 362 g/mol. The number of hydrogen-bond donors (Lipinski definition) is 0. The second kappa shape index (κ2) is 8.52. The van der Waals surface area contributed by atoms with E-state index >= 15 is 0 Å². The van der Waals surface area contributed by atoms with Gasteiger partial charge in [0.05, 0.1) is 0 Å². The van der Waals surface area contributed by atoms with Crippen molar-refractivity contribution in [2.75, 3.05) is 25.0 Å². The maximum atomic E-state index is 12.9. The highest BCUT2D eigenvalue weighted by Gasteiger charge is 2.21. The molecule has 4 rings (SSSR count). The third-order valence-corrected chi connectivity index (χ3v) is 5.44. The summed E-state index contributed by atoms with van der Waals surface area (Å²) in [4.78, 5) is 21.5. The first kappa shape index (κ1) is 19.2. The molecule has 1 aromatic heterocycles. The molecule has 0 bridgehead atoms. The molecule has 0 atom stereocenters. The van der Waals surface area contributed by atoms with Gasteiger partial charge in [0.1, 0.15) is 5.76 Å². The number of aryl methyl sites for hydroxylation is 1. The number of benzene rings is 2. The lowest BCUT2D eigenvalue weighted by atomic mass is 10.1. The number of anilines is 1. The first-order valence-corrected chi connectivity index (χ1v) is 10.2. The molecule has 1 fully saturated rings. The second-order valence-corrected chi connectivity index (χ2v) is 7.67. The van der Waals surface area contributed by atoms with Gasteiger partial charge in [-0.1, -0.05) is 30.3 Å². The predicted molar refractivity (Wildman–Crippen MR) is 115 cm³/mol. The topological polar surface area (TPSA) is 49.6 Å². The summed E-state index contributed by atoms with van der Waals surface area (Å²) in [7, 11) is 1.80. The fourth-order valence-electron chi connectivity index (χ4n) is 3.79. The first-order valence-electron chi connectivity index (χ1n) is 10.2. The van der Waals surface area contributed by atoms with Crippen LogP contribution in [0.5, 0.6) is 0 Å². The van der Waals surface area contributed by atoms with Crippen molar-refractivity contribution in [2.45, 2.75) is 32.7 Å². The summed E-state index contributed by atoms with van der Waals surface area (Å²) in [5, 5.41) is 0. The Hall–Kier alpha value is -3.08. The van der Waals surface area contributed by atoms with Gasteiger partial charge in [0.15, 0.2) is 5.69 Å². The summed E-state index contributed by atoms with van der Waals surface area (Å²) in [5.74, 6) is 0.889. The Bertz CT molecular complexity index is 958. The fourth-order valence-corrected chi connectivity index (χ4v) is 3.79. The molecule has 5 nitrogen and oxygen atoms in total. The minimum absolute atomic E-state index is 0.131. The quantitative estimate of drug-likeness (QED) is 0.622. The van der Waals surface area contributed by atoms with Crippen molar-refractivity contribution in [1.29, 1.82) is 0 Å². The highest BCUT2D eigenvalue weighted by Crippen LogP contribution is 2.23. The second-order valence-electron chi connectivity index (χ2n) is 7.67. The van der Waals surface area contributed by atoms with E-state index in [0.29, 0.717) is 23.9 Å². The highest BCUT2D eigenvalue weighted by molar-refractivity contribution is 5.93. The minimum Gasteiger partial charge on any atom is -0.441 e. The number of rotatable bonds is 5. The van der Waals surface area contributed by atoms with Crippen molar-refractivity contribution >= 4 is 11.6 Å². The van der Waals surface area contributed by atoms with Crippen LogP contribution in [0.15, 0.2) is 59.0 Å². The molecular formula is C24H27N3O2. The van der Waals surface area contributed by atoms with E-state index in [9.17, 15) is 4.79 Å². The Morgan fingerprint density at radius 2 is 1.72 bits per heavy atom. The zero-order valence-electron chi connectivity index (χ0n) is 17.1. The lowest BCUT2D eigenvalue weighted by Gasteiger charge is -2.29. The van der Waals surface area contributed by atoms with E-state index in [0.717, 1.165) is 24.2 Å². The van der Waals surface area contributed by atoms with E-state index in [-0.39, 0.29) is 5.91 Å². The molecule has 0 aliphatic carbocycles. The molecule has 0 N–H and O–H groups in total. The predicted octanol–water partition coefficient (Wildman–Crippen LogP) is 4.91. The number of oxazole rings is 1. The number of hydrogen-bond acceptors (Lipinski definition) is 4. The number of carbonyl (C=O) groups is 1. The van der Waals surface area contributed by atoms with Crippen LogP contribution in [0.2, 0.25) is 0 Å². The summed E-state index contributed by atoms with van der Waals surface area (Å²) in [6.45, 7) is 4.58. The van der Waals surface area contributed by atoms with Crippen molar-refractivity contribution in [1.82, 2.24) is 9.88 Å². The first-order chi connectivity index (χ1) is 14.1. The van der Waals surface area contributed by atoms with Crippen LogP contribution in [0.4, 0.5) is 5.69 Å². The Morgan fingerprint density at radius 3 is 2.41 bits per heavy atom. The van der Waals surface area contributed by atoms with Gasteiger partial charge in [-0.3, -0.25) is 4.79 Å². The van der Waals surface area contributed by atoms with Crippen molar-refractivity contribution in [3.8, 4) is 11.5 Å². The number of nitrogens with zero attached hydrogens (tertiary/aromatic N) is 3. The van der Waals surface area contributed by atoms with E-state index in [2.05, 4.69) is 34.1 Å². The maximum absolute atomic E-state index is 12.9. The van der Waals surface area contributed by atoms with Crippen molar-refractivity contribution in [2.24, 2.45) is 0 Å². The number of carbonyl (C=O) groups excluding carboxylic acids is 1. The highest BCUT2D eigenvalue weighted by atomic mass is 16.4. The van der Waals surface area contributed by atoms with E-state index in [1.165, 1.54) is 24.9 Å². The fraction of sp³-hybridized carbons (Fsp3) is 0.333. The monoisotopic (exact) mass is 389 g/mol. The molecule has 0 saturated carbocycles. The van der Waals surface area contributed by atoms with Crippen molar-refractivity contribution < 1.29 is 9.21 Å². The van der Waals surface area contributed by atoms with Crippen LogP contribution >= 0.6 is 0 Å². The van der Waals surface area contributed by atoms with Crippen LogP contribution in [0.1, 0.15) is 41.1 Å². The van der Waals surface area contributed by atoms with Gasteiger partial charge in [0, 0.05) is 37.9 Å². The van der Waals surface area contributed by atoms with Crippen LogP contribution in [-0.2, 0) is 6.54 Å². The Balaban J connectivity index is 1.44. The van der Waals surface area contributed by atoms with E-state index in [1.807, 2.05) is 30.3 Å². The van der Waals surface area contributed by atoms with Crippen molar-refractivity contribution in [3.63, 3.8) is 0 Å². The lowest BCUT2D eigenvalue weighted by molar-refractivity contribution is 0.0778. The summed E-state index contributed by atoms with van der Waals surface area (Å²) in [6.07, 6.45) is 3.86. The SMILES string of the molecule is Cc1oc(-c2ccccc2)nc1C(=O)N(C)Cc1ccc(N2CCCCC2)cc1. The molecule has 1 aliphatic heterocycles. The third-order valence-electron chi connectivity index (χ3n) is 5.44. The largest absolute Gasteiger partial charge is 0.441 e. The molecule has 1 amide bonds. The van der Waals surface area contributed by atoms with Crippen molar-refractivity contribution in [3.05, 3.63) is 71.6 Å². The Kier molecular flexibility index (Phi) is 5.65. The van der Waals surface area contributed by atoms with Crippen LogP contribution in [0.25, 0.3) is 11.5 Å². The molecule has 1 aliphatic rings. The molecule has 0 radical (unpaired) electrons. The molecule has 0 spiro atoms. The van der Waals surface area contributed by atoms with Gasteiger partial charge in [0.25, 0.3) is 5.91 Å². The summed E-state index contributed by atoms with van der Waals surface area (Å²) >= 11 is 0. The number of amides is 1. The standard InChI is InChI=1S/C24H27N3O2/c1-18-22(25-23(29-18)20-9-5-3-6-10-20)24(28)26(2)17-19-11-13-21(14-12-19)27-15-7-4-8-16-27/h3,5-6,9-14H,4,7-8,15-17H2,1-2H3. The Morgan fingerprint density at radius 1 is 1.03 bits per heavy atom. The zero-order valence-corrected chi connectivity index (χ0v) is 17.1. The molecule has 29 heavy (non-hydrogen) atoms. The number of aromatic nitrogens is 1.